The van der Waals surface area contributed by atoms with Crippen LogP contribution in [0.2, 0.25) is 0 Å². The fourth-order valence-electron chi connectivity index (χ4n) is 5.54. The van der Waals surface area contributed by atoms with Crippen LogP contribution in [0.15, 0.2) is 47.4 Å². The molecule has 9 heteroatoms. The average Bonchev–Trinajstić information content (AvgIpc) is 3.41. The third kappa shape index (κ3) is 3.91. The molecule has 0 unspecified atom stereocenters. The van der Waals surface area contributed by atoms with Crippen LogP contribution in [0.4, 0.5) is 0 Å². The maximum atomic E-state index is 14.1. The van der Waals surface area contributed by atoms with Crippen LogP contribution in [0.1, 0.15) is 74.4 Å². The Balaban J connectivity index is 1.62. The molecule has 0 radical (unpaired) electrons. The Labute approximate surface area is 225 Å². The molecule has 2 aromatic carbocycles. The number of benzene rings is 2. The van der Waals surface area contributed by atoms with Crippen molar-refractivity contribution < 1.29 is 29.3 Å². The van der Waals surface area contributed by atoms with Gasteiger partial charge in [-0.3, -0.25) is 14.4 Å². The highest BCUT2D eigenvalue weighted by atomic mass is 16.5. The number of rotatable bonds is 6. The van der Waals surface area contributed by atoms with Gasteiger partial charge in [-0.25, -0.2) is 4.98 Å². The number of phenols is 2. The molecule has 1 aromatic heterocycles. The summed E-state index contributed by atoms with van der Waals surface area (Å²) in [6, 6.07) is 7.36. The number of hydrogen-bond donors (Lipinski definition) is 4. The number of ketones is 3. The van der Waals surface area contributed by atoms with Gasteiger partial charge in [0, 0.05) is 17.3 Å². The molecule has 2 aliphatic rings. The maximum Gasteiger partial charge on any atom is 0.194 e. The lowest BCUT2D eigenvalue weighted by atomic mass is 9.70. The number of Topliss-reactive ketones (excluding diaryl/α,β-unsaturated/α-hetero) is 2. The summed E-state index contributed by atoms with van der Waals surface area (Å²) in [6.07, 6.45) is 1.90. The van der Waals surface area contributed by atoms with Crippen LogP contribution in [0, 0.1) is 12.8 Å². The molecule has 4 N–H and O–H groups in total. The number of ether oxygens (including phenoxy) is 1. The predicted octanol–water partition coefficient (Wildman–Crippen LogP) is 4.82. The fraction of sp³-hybridized carbons (Fsp3) is 0.333. The van der Waals surface area contributed by atoms with Crippen LogP contribution in [-0.4, -0.2) is 37.5 Å². The monoisotopic (exact) mass is 529 g/mol. The summed E-state index contributed by atoms with van der Waals surface area (Å²) in [5.41, 5.74) is 0.396. The van der Waals surface area contributed by atoms with E-state index in [9.17, 15) is 24.6 Å². The number of carbonyl (C=O) groups excluding carboxylic acids is 3. The molecular weight excluding hydrogens is 498 g/mol. The number of carbonyl (C=O) groups is 3. The second-order valence-corrected chi connectivity index (χ2v) is 10.9. The topological polar surface area (TPSA) is 142 Å². The van der Waals surface area contributed by atoms with Gasteiger partial charge in [-0.1, -0.05) is 26.0 Å². The second-order valence-electron chi connectivity index (χ2n) is 10.9. The number of H-pyrrole nitrogens is 1. The lowest BCUT2D eigenvalue weighted by Gasteiger charge is -2.30. The molecule has 1 aliphatic heterocycles. The molecule has 0 spiro atoms. The zero-order valence-corrected chi connectivity index (χ0v) is 22.7. The Morgan fingerprint density at radius 3 is 2.49 bits per heavy atom. The first-order chi connectivity index (χ1) is 18.4. The number of hydrogen-bond acceptors (Lipinski definition) is 8. The van der Waals surface area contributed by atoms with Crippen molar-refractivity contribution in [3.8, 4) is 17.2 Å². The summed E-state index contributed by atoms with van der Waals surface area (Å²) < 4.78 is 5.85. The lowest BCUT2D eigenvalue weighted by Crippen LogP contribution is -2.41. The van der Waals surface area contributed by atoms with E-state index < -0.39 is 28.5 Å². The van der Waals surface area contributed by atoms with Gasteiger partial charge in [0.2, 0.25) is 0 Å². The number of imidazole rings is 1. The molecule has 1 aliphatic carbocycles. The number of phenolic OH excluding ortho intramolecular Hbond substituents is 2. The Morgan fingerprint density at radius 2 is 1.85 bits per heavy atom. The minimum absolute atomic E-state index is 0.00265. The number of allylic oxidation sites excluding steroid dienone is 4. The SMILES string of the molecule is CC(=O)c1c(O)c(C)c(O)c2c1OC1=CC(=O)C(=C(C)N[C@@H](CC(C)C)c3nc4ccccc4[nH]3)C(=O)[C@@]12C. The number of para-hydroxylation sites is 2. The fourth-order valence-corrected chi connectivity index (χ4v) is 5.54. The third-order valence-corrected chi connectivity index (χ3v) is 7.60. The average molecular weight is 530 g/mol. The minimum Gasteiger partial charge on any atom is -0.507 e. The van der Waals surface area contributed by atoms with Gasteiger partial charge in [0.25, 0.3) is 0 Å². The molecule has 202 valence electrons. The van der Waals surface area contributed by atoms with Gasteiger partial charge in [0.1, 0.15) is 39.8 Å². The Bertz CT molecular complexity index is 1610. The Morgan fingerprint density at radius 1 is 1.15 bits per heavy atom. The molecule has 9 nitrogen and oxygen atoms in total. The normalized spacial score (nSPS) is 20.4. The zero-order valence-electron chi connectivity index (χ0n) is 22.7. The summed E-state index contributed by atoms with van der Waals surface area (Å²) in [5.74, 6) is -1.53. The van der Waals surface area contributed by atoms with E-state index in [0.29, 0.717) is 17.9 Å². The molecular formula is C30H31N3O6. The van der Waals surface area contributed by atoms with Crippen LogP contribution in [-0.2, 0) is 15.0 Å². The first-order valence-corrected chi connectivity index (χ1v) is 12.9. The minimum atomic E-state index is -1.57. The molecule has 2 atom stereocenters. The molecule has 39 heavy (non-hydrogen) atoms. The van der Waals surface area contributed by atoms with Crippen LogP contribution >= 0.6 is 0 Å². The van der Waals surface area contributed by atoms with E-state index in [1.165, 1.54) is 19.9 Å². The van der Waals surface area contributed by atoms with E-state index in [0.717, 1.165) is 11.0 Å². The van der Waals surface area contributed by atoms with Crippen molar-refractivity contribution in [1.29, 1.82) is 0 Å². The molecule has 0 fully saturated rings. The van der Waals surface area contributed by atoms with Crippen molar-refractivity contribution in [1.82, 2.24) is 15.3 Å². The Kier molecular flexibility index (Phi) is 6.13. The third-order valence-electron chi connectivity index (χ3n) is 7.60. The Hall–Kier alpha value is -4.40. The first-order valence-electron chi connectivity index (χ1n) is 12.9. The van der Waals surface area contributed by atoms with Gasteiger partial charge in [0.15, 0.2) is 17.3 Å². The molecule has 0 saturated heterocycles. The van der Waals surface area contributed by atoms with Crippen LogP contribution in [0.3, 0.4) is 0 Å². The molecule has 2 heterocycles. The van der Waals surface area contributed by atoms with E-state index in [1.54, 1.807) is 13.8 Å². The molecule has 0 amide bonds. The quantitative estimate of drug-likeness (QED) is 0.202. The van der Waals surface area contributed by atoms with Crippen molar-refractivity contribution in [3.63, 3.8) is 0 Å². The standard InChI is InChI=1S/C30H31N3O6/c1-13(2)11-19(29-32-17-9-7-8-10-18(17)33-29)31-15(4)22-20(35)12-21-30(6,28(22)38)24-26(37)14(3)25(36)23(16(5)34)27(24)39-21/h7-10,12-13,19,31,36-37H,11H2,1-6H3,(H,32,33)/t19-,30-/m0/s1. The van der Waals surface area contributed by atoms with E-state index in [4.69, 9.17) is 9.72 Å². The van der Waals surface area contributed by atoms with Gasteiger partial charge in [-0.15, -0.1) is 0 Å². The number of aromatic nitrogens is 2. The van der Waals surface area contributed by atoms with Gasteiger partial charge < -0.3 is 25.3 Å². The summed E-state index contributed by atoms with van der Waals surface area (Å²) in [6.45, 7) is 10.1. The first kappa shape index (κ1) is 26.2. The van der Waals surface area contributed by atoms with Crippen molar-refractivity contribution in [3.05, 3.63) is 69.9 Å². The smallest absolute Gasteiger partial charge is 0.194 e. The van der Waals surface area contributed by atoms with Gasteiger partial charge in [0.05, 0.1) is 28.2 Å². The summed E-state index contributed by atoms with van der Waals surface area (Å²) in [5, 5.41) is 24.9. The lowest BCUT2D eigenvalue weighted by molar-refractivity contribution is -0.123. The summed E-state index contributed by atoms with van der Waals surface area (Å²) >= 11 is 0. The molecule has 0 saturated carbocycles. The van der Waals surface area contributed by atoms with Crippen molar-refractivity contribution in [2.75, 3.05) is 0 Å². The number of aromatic amines is 1. The van der Waals surface area contributed by atoms with Crippen molar-refractivity contribution >= 4 is 28.4 Å². The molecule has 3 aromatic rings. The number of nitrogens with one attached hydrogen (secondary N) is 2. The van der Waals surface area contributed by atoms with Gasteiger partial charge in [-0.05, 0) is 52.2 Å². The second kappa shape index (κ2) is 9.11. The summed E-state index contributed by atoms with van der Waals surface area (Å²) in [4.78, 5) is 47.9. The zero-order chi connectivity index (χ0) is 28.4. The van der Waals surface area contributed by atoms with Gasteiger partial charge in [-0.2, -0.15) is 0 Å². The molecule has 5 rings (SSSR count). The van der Waals surface area contributed by atoms with E-state index >= 15 is 0 Å². The highest BCUT2D eigenvalue weighted by Gasteiger charge is 2.56. The van der Waals surface area contributed by atoms with E-state index in [1.807, 2.05) is 24.3 Å². The number of fused-ring (bicyclic) bond motifs is 4. The molecule has 0 bridgehead atoms. The summed E-state index contributed by atoms with van der Waals surface area (Å²) in [7, 11) is 0. The highest BCUT2D eigenvalue weighted by Crippen LogP contribution is 2.57. The maximum absolute atomic E-state index is 14.1. The van der Waals surface area contributed by atoms with E-state index in [2.05, 4.69) is 24.1 Å². The van der Waals surface area contributed by atoms with Crippen molar-refractivity contribution in [2.24, 2.45) is 5.92 Å². The van der Waals surface area contributed by atoms with Gasteiger partial charge >= 0.3 is 0 Å². The largest absolute Gasteiger partial charge is 0.507 e. The number of aromatic hydroxyl groups is 2. The van der Waals surface area contributed by atoms with E-state index in [-0.39, 0.29) is 51.5 Å². The number of nitrogens with zero attached hydrogens (tertiary/aromatic N) is 1. The van der Waals surface area contributed by atoms with Crippen molar-refractivity contribution in [2.45, 2.75) is 59.4 Å². The van der Waals surface area contributed by atoms with Crippen LogP contribution in [0.5, 0.6) is 17.2 Å². The van der Waals surface area contributed by atoms with Crippen LogP contribution < -0.4 is 10.1 Å². The highest BCUT2D eigenvalue weighted by molar-refractivity contribution is 6.31. The predicted molar refractivity (Wildman–Crippen MR) is 145 cm³/mol. The van der Waals surface area contributed by atoms with Crippen LogP contribution in [0.25, 0.3) is 11.0 Å².